The van der Waals surface area contributed by atoms with Crippen molar-refractivity contribution in [2.45, 2.75) is 20.3 Å². The Morgan fingerprint density at radius 3 is 2.62 bits per heavy atom. The van der Waals surface area contributed by atoms with Crippen molar-refractivity contribution in [3.05, 3.63) is 23.3 Å². The maximum absolute atomic E-state index is 11.4. The van der Waals surface area contributed by atoms with Gasteiger partial charge in [-0.1, -0.05) is 0 Å². The lowest BCUT2D eigenvalue weighted by atomic mass is 10.1. The second-order valence-electron chi connectivity index (χ2n) is 3.72. The molecular weight excluding hydrogens is 204 g/mol. The second-order valence-corrected chi connectivity index (χ2v) is 3.72. The van der Waals surface area contributed by atoms with E-state index in [0.29, 0.717) is 13.0 Å². The van der Waals surface area contributed by atoms with Crippen molar-refractivity contribution in [2.75, 3.05) is 19.0 Å². The van der Waals surface area contributed by atoms with Gasteiger partial charge < -0.3 is 15.8 Å². The molecule has 0 atom stereocenters. The molecule has 0 aliphatic carbocycles. The first-order chi connectivity index (χ1) is 7.58. The zero-order valence-electron chi connectivity index (χ0n) is 9.96. The highest BCUT2D eigenvalue weighted by Gasteiger charge is 2.07. The molecule has 0 unspecified atom stereocenters. The van der Waals surface area contributed by atoms with Crippen molar-refractivity contribution >= 4 is 11.6 Å². The minimum Gasteiger partial charge on any atom is -0.496 e. The van der Waals surface area contributed by atoms with Crippen LogP contribution in [0.25, 0.3) is 0 Å². The van der Waals surface area contributed by atoms with E-state index in [1.54, 1.807) is 7.11 Å². The fourth-order valence-electron chi connectivity index (χ4n) is 1.49. The van der Waals surface area contributed by atoms with Gasteiger partial charge in [0, 0.05) is 18.7 Å². The Kier molecular flexibility index (Phi) is 4.31. The number of carbonyl (C=O) groups excluding carboxylic acids is 1. The third-order valence-electron chi connectivity index (χ3n) is 2.39. The summed E-state index contributed by atoms with van der Waals surface area (Å²) < 4.78 is 5.20. The summed E-state index contributed by atoms with van der Waals surface area (Å²) in [5, 5.41) is 2.83. The Morgan fingerprint density at radius 1 is 1.38 bits per heavy atom. The fourth-order valence-corrected chi connectivity index (χ4v) is 1.49. The minimum absolute atomic E-state index is 0.0600. The number of ether oxygens (including phenoxy) is 1. The SMILES string of the molecule is COc1cc(C)c(NC(=O)CCN)cc1C. The maximum Gasteiger partial charge on any atom is 0.225 e. The van der Waals surface area contributed by atoms with Gasteiger partial charge in [0.2, 0.25) is 5.91 Å². The lowest BCUT2D eigenvalue weighted by Crippen LogP contribution is -2.16. The normalized spacial score (nSPS) is 10.0. The van der Waals surface area contributed by atoms with E-state index in [0.717, 1.165) is 22.6 Å². The summed E-state index contributed by atoms with van der Waals surface area (Å²) in [6.07, 6.45) is 0.338. The van der Waals surface area contributed by atoms with Gasteiger partial charge in [-0.15, -0.1) is 0 Å². The van der Waals surface area contributed by atoms with Crippen LogP contribution in [0.4, 0.5) is 5.69 Å². The van der Waals surface area contributed by atoms with Crippen LogP contribution in [0, 0.1) is 13.8 Å². The molecule has 0 bridgehead atoms. The number of nitrogens with one attached hydrogen (secondary N) is 1. The Balaban J connectivity index is 2.89. The van der Waals surface area contributed by atoms with Gasteiger partial charge in [-0.2, -0.15) is 0 Å². The van der Waals surface area contributed by atoms with Gasteiger partial charge >= 0.3 is 0 Å². The smallest absolute Gasteiger partial charge is 0.225 e. The Morgan fingerprint density at radius 2 is 2.06 bits per heavy atom. The molecule has 4 heteroatoms. The van der Waals surface area contributed by atoms with Crippen LogP contribution in [0.1, 0.15) is 17.5 Å². The number of aryl methyl sites for hydroxylation is 2. The van der Waals surface area contributed by atoms with Crippen LogP contribution in [0.2, 0.25) is 0 Å². The van der Waals surface area contributed by atoms with Gasteiger partial charge in [0.05, 0.1) is 7.11 Å². The summed E-state index contributed by atoms with van der Waals surface area (Å²) >= 11 is 0. The predicted octanol–water partition coefficient (Wildman–Crippen LogP) is 1.60. The molecule has 0 fully saturated rings. The van der Waals surface area contributed by atoms with E-state index in [2.05, 4.69) is 5.32 Å². The average molecular weight is 222 g/mol. The highest BCUT2D eigenvalue weighted by Crippen LogP contribution is 2.25. The Hall–Kier alpha value is -1.55. The Bertz CT molecular complexity index is 389. The van der Waals surface area contributed by atoms with E-state index in [4.69, 9.17) is 10.5 Å². The lowest BCUT2D eigenvalue weighted by Gasteiger charge is -2.12. The number of amides is 1. The third kappa shape index (κ3) is 2.97. The number of benzene rings is 1. The molecule has 1 aromatic rings. The molecule has 0 saturated heterocycles. The molecular formula is C12H18N2O2. The van der Waals surface area contributed by atoms with E-state index >= 15 is 0 Å². The van der Waals surface area contributed by atoms with E-state index in [1.165, 1.54) is 0 Å². The summed E-state index contributed by atoms with van der Waals surface area (Å²) in [5.74, 6) is 0.768. The summed E-state index contributed by atoms with van der Waals surface area (Å²) in [6.45, 7) is 4.23. The molecule has 88 valence electrons. The topological polar surface area (TPSA) is 64.3 Å². The molecule has 0 aliphatic rings. The van der Waals surface area contributed by atoms with Crippen LogP contribution < -0.4 is 15.8 Å². The molecule has 0 heterocycles. The third-order valence-corrected chi connectivity index (χ3v) is 2.39. The van der Waals surface area contributed by atoms with Crippen LogP contribution in [0.3, 0.4) is 0 Å². The summed E-state index contributed by atoms with van der Waals surface area (Å²) in [4.78, 5) is 11.4. The number of carbonyl (C=O) groups is 1. The molecule has 0 saturated carbocycles. The molecule has 0 radical (unpaired) electrons. The van der Waals surface area contributed by atoms with Gasteiger partial charge in [-0.3, -0.25) is 4.79 Å². The molecule has 3 N–H and O–H groups in total. The molecule has 1 aromatic carbocycles. The maximum atomic E-state index is 11.4. The molecule has 0 aromatic heterocycles. The first-order valence-electron chi connectivity index (χ1n) is 5.23. The standard InChI is InChI=1S/C12H18N2O2/c1-8-7-11(16-3)9(2)6-10(8)14-12(15)4-5-13/h6-7H,4-5,13H2,1-3H3,(H,14,15). The monoisotopic (exact) mass is 222 g/mol. The van der Waals surface area contributed by atoms with Gasteiger partial charge in [0.1, 0.15) is 5.75 Å². The highest BCUT2D eigenvalue weighted by molar-refractivity contribution is 5.91. The van der Waals surface area contributed by atoms with E-state index in [9.17, 15) is 4.79 Å². The van der Waals surface area contributed by atoms with Gasteiger partial charge in [0.15, 0.2) is 0 Å². The zero-order chi connectivity index (χ0) is 12.1. The number of nitrogens with two attached hydrogens (primary N) is 1. The van der Waals surface area contributed by atoms with Gasteiger partial charge in [-0.25, -0.2) is 0 Å². The van der Waals surface area contributed by atoms with E-state index in [1.807, 2.05) is 26.0 Å². The molecule has 1 amide bonds. The van der Waals surface area contributed by atoms with Crippen LogP contribution in [-0.4, -0.2) is 19.6 Å². The summed E-state index contributed by atoms with van der Waals surface area (Å²) in [5.41, 5.74) is 8.11. The minimum atomic E-state index is -0.0600. The van der Waals surface area contributed by atoms with E-state index in [-0.39, 0.29) is 5.91 Å². The molecule has 1 rings (SSSR count). The molecule has 0 spiro atoms. The quantitative estimate of drug-likeness (QED) is 0.813. The summed E-state index contributed by atoms with van der Waals surface area (Å²) in [6, 6.07) is 3.82. The number of methoxy groups -OCH3 is 1. The van der Waals surface area contributed by atoms with Crippen molar-refractivity contribution in [2.24, 2.45) is 5.73 Å². The van der Waals surface area contributed by atoms with Crippen molar-refractivity contribution in [1.82, 2.24) is 0 Å². The Labute approximate surface area is 95.8 Å². The second kappa shape index (κ2) is 5.51. The average Bonchev–Trinajstić information content (AvgIpc) is 2.23. The summed E-state index contributed by atoms with van der Waals surface area (Å²) in [7, 11) is 1.63. The van der Waals surface area contributed by atoms with Crippen LogP contribution in [0.5, 0.6) is 5.75 Å². The fraction of sp³-hybridized carbons (Fsp3) is 0.417. The number of hydrogen-bond acceptors (Lipinski definition) is 3. The van der Waals surface area contributed by atoms with Crippen LogP contribution in [-0.2, 0) is 4.79 Å². The predicted molar refractivity (Wildman–Crippen MR) is 64.8 cm³/mol. The molecule has 0 aliphatic heterocycles. The first kappa shape index (κ1) is 12.5. The highest BCUT2D eigenvalue weighted by atomic mass is 16.5. The van der Waals surface area contributed by atoms with Crippen molar-refractivity contribution in [3.8, 4) is 5.75 Å². The van der Waals surface area contributed by atoms with Crippen molar-refractivity contribution < 1.29 is 9.53 Å². The lowest BCUT2D eigenvalue weighted by molar-refractivity contribution is -0.116. The number of hydrogen-bond donors (Lipinski definition) is 2. The number of anilines is 1. The van der Waals surface area contributed by atoms with Crippen LogP contribution >= 0.6 is 0 Å². The van der Waals surface area contributed by atoms with Crippen LogP contribution in [0.15, 0.2) is 12.1 Å². The van der Waals surface area contributed by atoms with Crippen molar-refractivity contribution in [1.29, 1.82) is 0 Å². The van der Waals surface area contributed by atoms with Crippen molar-refractivity contribution in [3.63, 3.8) is 0 Å². The molecule has 4 nitrogen and oxygen atoms in total. The van der Waals surface area contributed by atoms with E-state index < -0.39 is 0 Å². The first-order valence-corrected chi connectivity index (χ1v) is 5.23. The zero-order valence-corrected chi connectivity index (χ0v) is 9.96. The molecule has 16 heavy (non-hydrogen) atoms. The van der Waals surface area contributed by atoms with Gasteiger partial charge in [0.25, 0.3) is 0 Å². The van der Waals surface area contributed by atoms with Gasteiger partial charge in [-0.05, 0) is 37.1 Å². The largest absolute Gasteiger partial charge is 0.496 e. The number of rotatable bonds is 4.